The summed E-state index contributed by atoms with van der Waals surface area (Å²) in [5.74, 6) is 0.651. The van der Waals surface area contributed by atoms with E-state index < -0.39 is 0 Å². The van der Waals surface area contributed by atoms with Crippen molar-refractivity contribution in [2.75, 3.05) is 13.1 Å². The third-order valence-corrected chi connectivity index (χ3v) is 6.73. The van der Waals surface area contributed by atoms with Crippen LogP contribution in [0.5, 0.6) is 0 Å². The minimum Gasteiger partial charge on any atom is -0.335 e. The maximum Gasteiger partial charge on any atom is 0.178 e. The molecule has 0 aromatic carbocycles. The normalized spacial score (nSPS) is 14.2. The lowest BCUT2D eigenvalue weighted by Gasteiger charge is -2.14. The highest BCUT2D eigenvalue weighted by molar-refractivity contribution is 5.96. The summed E-state index contributed by atoms with van der Waals surface area (Å²) in [4.78, 5) is 28.6. The second-order valence-corrected chi connectivity index (χ2v) is 9.14. The van der Waals surface area contributed by atoms with Gasteiger partial charge in [-0.25, -0.2) is 9.97 Å². The Labute approximate surface area is 206 Å². The Kier molecular flexibility index (Phi) is 4.99. The van der Waals surface area contributed by atoms with Crippen LogP contribution in [0.15, 0.2) is 67.5 Å². The topological polar surface area (TPSA) is 112 Å². The average molecular weight is 474 g/mol. The SMILES string of the molecule is c1cncc(-c2ccnc3nc(-c4n[nH]c5cnc(-c6cncc(CN7CCCC7)c6)cc45)[nH]c23)c1. The third-order valence-electron chi connectivity index (χ3n) is 6.73. The molecule has 9 nitrogen and oxygen atoms in total. The summed E-state index contributed by atoms with van der Waals surface area (Å²) in [6, 6.07) is 10.1. The molecule has 9 heteroatoms. The van der Waals surface area contributed by atoms with Gasteiger partial charge in [0.05, 0.1) is 22.9 Å². The number of likely N-dealkylation sites (tertiary alicyclic amines) is 1. The zero-order valence-corrected chi connectivity index (χ0v) is 19.5. The van der Waals surface area contributed by atoms with Gasteiger partial charge in [-0.2, -0.15) is 5.10 Å². The molecule has 6 aromatic heterocycles. The van der Waals surface area contributed by atoms with E-state index in [1.165, 1.54) is 18.4 Å². The Hall–Kier alpha value is -4.50. The van der Waals surface area contributed by atoms with Crippen LogP contribution in [0, 0.1) is 0 Å². The van der Waals surface area contributed by atoms with Gasteiger partial charge < -0.3 is 4.98 Å². The van der Waals surface area contributed by atoms with Gasteiger partial charge in [0.25, 0.3) is 0 Å². The first-order chi connectivity index (χ1) is 17.8. The van der Waals surface area contributed by atoms with Gasteiger partial charge in [-0.3, -0.25) is 25.0 Å². The summed E-state index contributed by atoms with van der Waals surface area (Å²) in [5, 5.41) is 8.59. The van der Waals surface area contributed by atoms with E-state index in [-0.39, 0.29) is 0 Å². The molecule has 0 aliphatic carbocycles. The van der Waals surface area contributed by atoms with Crippen molar-refractivity contribution in [3.63, 3.8) is 0 Å². The molecule has 0 atom stereocenters. The Bertz CT molecular complexity index is 1680. The van der Waals surface area contributed by atoms with Crippen LogP contribution in [0.25, 0.3) is 56.0 Å². The standard InChI is InChI=1S/C27H23N9/c1-2-9-36(8-1)16-17-10-19(14-29-12-17)22-11-21-23(15-31-22)34-35-25(21)27-32-24-20(5-7-30-26(24)33-27)18-4-3-6-28-13-18/h3-7,10-15H,1-2,8-9,16H2,(H,34,35)(H,30,32,33). The van der Waals surface area contributed by atoms with Gasteiger partial charge in [0.2, 0.25) is 0 Å². The first-order valence-electron chi connectivity index (χ1n) is 12.1. The molecule has 1 aliphatic heterocycles. The van der Waals surface area contributed by atoms with Crippen LogP contribution in [0.3, 0.4) is 0 Å². The maximum atomic E-state index is 4.76. The highest BCUT2D eigenvalue weighted by atomic mass is 15.1. The molecule has 1 aliphatic rings. The quantitative estimate of drug-likeness (QED) is 0.376. The summed E-state index contributed by atoms with van der Waals surface area (Å²) in [6.07, 6.45) is 13.5. The smallest absolute Gasteiger partial charge is 0.178 e. The van der Waals surface area contributed by atoms with Crippen LogP contribution in [0.1, 0.15) is 18.4 Å². The minimum absolute atomic E-state index is 0.635. The van der Waals surface area contributed by atoms with Gasteiger partial charge in [0.1, 0.15) is 5.69 Å². The fraction of sp³-hybridized carbons (Fsp3) is 0.185. The Morgan fingerprint density at radius 3 is 2.69 bits per heavy atom. The monoisotopic (exact) mass is 473 g/mol. The van der Waals surface area contributed by atoms with Crippen LogP contribution < -0.4 is 0 Å². The number of H-pyrrole nitrogens is 2. The number of nitrogens with zero attached hydrogens (tertiary/aromatic N) is 7. The first-order valence-corrected chi connectivity index (χ1v) is 12.1. The zero-order chi connectivity index (χ0) is 23.9. The molecule has 2 N–H and O–H groups in total. The number of imidazole rings is 1. The van der Waals surface area contributed by atoms with Crippen molar-refractivity contribution in [1.29, 1.82) is 0 Å². The van der Waals surface area contributed by atoms with Gasteiger partial charge in [0.15, 0.2) is 11.5 Å². The summed E-state index contributed by atoms with van der Waals surface area (Å²) < 4.78 is 0. The van der Waals surface area contributed by atoms with Gasteiger partial charge in [-0.15, -0.1) is 0 Å². The van der Waals surface area contributed by atoms with E-state index in [2.05, 4.69) is 46.1 Å². The largest absolute Gasteiger partial charge is 0.335 e. The third kappa shape index (κ3) is 3.70. The van der Waals surface area contributed by atoms with E-state index in [1.54, 1.807) is 12.4 Å². The van der Waals surface area contributed by atoms with Crippen LogP contribution in [0.4, 0.5) is 0 Å². The molecule has 6 aromatic rings. The molecule has 176 valence electrons. The fourth-order valence-electron chi connectivity index (χ4n) is 4.95. The lowest BCUT2D eigenvalue weighted by atomic mass is 10.1. The number of hydrogen-bond acceptors (Lipinski definition) is 7. The van der Waals surface area contributed by atoms with Crippen LogP contribution in [0.2, 0.25) is 0 Å². The number of hydrogen-bond donors (Lipinski definition) is 2. The van der Waals surface area contributed by atoms with E-state index in [9.17, 15) is 0 Å². The highest BCUT2D eigenvalue weighted by Crippen LogP contribution is 2.31. The maximum absolute atomic E-state index is 4.76. The second kappa shape index (κ2) is 8.62. The van der Waals surface area contributed by atoms with Gasteiger partial charge in [-0.05, 0) is 55.8 Å². The van der Waals surface area contributed by atoms with Crippen molar-refractivity contribution in [2.24, 2.45) is 0 Å². The molecule has 0 bridgehead atoms. The van der Waals surface area contributed by atoms with Crippen LogP contribution >= 0.6 is 0 Å². The molecule has 0 amide bonds. The molecule has 0 radical (unpaired) electrons. The summed E-state index contributed by atoms with van der Waals surface area (Å²) in [7, 11) is 0. The van der Waals surface area contributed by atoms with Gasteiger partial charge in [-0.1, -0.05) is 6.07 Å². The molecule has 0 spiro atoms. The van der Waals surface area contributed by atoms with E-state index in [1.807, 2.05) is 49.1 Å². The molecule has 0 saturated carbocycles. The number of pyridine rings is 4. The van der Waals surface area contributed by atoms with Gasteiger partial charge >= 0.3 is 0 Å². The Balaban J connectivity index is 1.28. The van der Waals surface area contributed by atoms with Crippen molar-refractivity contribution in [3.05, 3.63) is 73.1 Å². The van der Waals surface area contributed by atoms with Crippen molar-refractivity contribution >= 4 is 22.1 Å². The lowest BCUT2D eigenvalue weighted by Crippen LogP contribution is -2.18. The summed E-state index contributed by atoms with van der Waals surface area (Å²) in [5.41, 5.74) is 8.10. The van der Waals surface area contributed by atoms with E-state index >= 15 is 0 Å². The number of aromatic amines is 2. The molecule has 36 heavy (non-hydrogen) atoms. The van der Waals surface area contributed by atoms with E-state index in [0.717, 1.165) is 64.1 Å². The Morgan fingerprint density at radius 1 is 0.889 bits per heavy atom. The van der Waals surface area contributed by atoms with Crippen molar-refractivity contribution < 1.29 is 0 Å². The fourth-order valence-corrected chi connectivity index (χ4v) is 4.95. The molecule has 7 rings (SSSR count). The predicted molar refractivity (Wildman–Crippen MR) is 138 cm³/mol. The van der Waals surface area contributed by atoms with Crippen LogP contribution in [-0.4, -0.2) is 58.1 Å². The molecule has 0 unspecified atom stereocenters. The van der Waals surface area contributed by atoms with Crippen molar-refractivity contribution in [1.82, 2.24) is 45.0 Å². The highest BCUT2D eigenvalue weighted by Gasteiger charge is 2.17. The van der Waals surface area contributed by atoms with Crippen LogP contribution in [-0.2, 0) is 6.54 Å². The van der Waals surface area contributed by atoms with Crippen molar-refractivity contribution in [3.8, 4) is 33.9 Å². The lowest BCUT2D eigenvalue weighted by molar-refractivity contribution is 0.331. The predicted octanol–water partition coefficient (Wildman–Crippen LogP) is 4.62. The molecule has 1 saturated heterocycles. The molecular weight excluding hydrogens is 450 g/mol. The summed E-state index contributed by atoms with van der Waals surface area (Å²) in [6.45, 7) is 3.23. The number of fused-ring (bicyclic) bond motifs is 2. The minimum atomic E-state index is 0.635. The second-order valence-electron chi connectivity index (χ2n) is 9.14. The summed E-state index contributed by atoms with van der Waals surface area (Å²) >= 11 is 0. The Morgan fingerprint density at radius 2 is 1.81 bits per heavy atom. The van der Waals surface area contributed by atoms with Gasteiger partial charge in [0, 0.05) is 59.6 Å². The number of nitrogens with one attached hydrogen (secondary N) is 2. The van der Waals surface area contributed by atoms with Crippen molar-refractivity contribution in [2.45, 2.75) is 19.4 Å². The number of aromatic nitrogens is 8. The molecule has 7 heterocycles. The zero-order valence-electron chi connectivity index (χ0n) is 19.5. The van der Waals surface area contributed by atoms with E-state index in [0.29, 0.717) is 11.5 Å². The number of rotatable bonds is 5. The van der Waals surface area contributed by atoms with E-state index in [4.69, 9.17) is 4.98 Å². The molecule has 1 fully saturated rings. The first kappa shape index (κ1) is 20.8. The average Bonchev–Trinajstić information content (AvgIpc) is 3.68. The molecular formula is C27H23N9.